The van der Waals surface area contributed by atoms with E-state index >= 15 is 0 Å². The standard InChI is InChI=1S/C10H11NO7/c1-5(12)17-4-6-7(9(13)15-2)8(18-11-6)10(14)16-3/h4H2,1-3H3. The smallest absolute Gasteiger partial charge is 0.377 e. The highest BCUT2D eigenvalue weighted by Crippen LogP contribution is 2.17. The third-order valence-corrected chi connectivity index (χ3v) is 1.94. The van der Waals surface area contributed by atoms with Gasteiger partial charge in [-0.1, -0.05) is 5.16 Å². The predicted molar refractivity (Wildman–Crippen MR) is 54.7 cm³/mol. The van der Waals surface area contributed by atoms with E-state index in [9.17, 15) is 14.4 Å². The quantitative estimate of drug-likeness (QED) is 0.560. The number of carbonyl (C=O) groups is 3. The summed E-state index contributed by atoms with van der Waals surface area (Å²) >= 11 is 0. The van der Waals surface area contributed by atoms with Gasteiger partial charge in [0.1, 0.15) is 17.9 Å². The summed E-state index contributed by atoms with van der Waals surface area (Å²) in [6.07, 6.45) is 0. The number of rotatable bonds is 4. The van der Waals surface area contributed by atoms with Gasteiger partial charge in [0.05, 0.1) is 14.2 Å². The number of esters is 3. The van der Waals surface area contributed by atoms with E-state index in [1.165, 1.54) is 6.92 Å². The first-order valence-electron chi connectivity index (χ1n) is 4.79. The summed E-state index contributed by atoms with van der Waals surface area (Å²) in [6, 6.07) is 0. The molecule has 1 aromatic rings. The van der Waals surface area contributed by atoms with Crippen molar-refractivity contribution in [2.45, 2.75) is 13.5 Å². The van der Waals surface area contributed by atoms with Crippen LogP contribution in [-0.4, -0.2) is 37.3 Å². The maximum Gasteiger partial charge on any atom is 0.377 e. The zero-order valence-corrected chi connectivity index (χ0v) is 10.0. The Labute approximate surface area is 102 Å². The Morgan fingerprint density at radius 1 is 1.17 bits per heavy atom. The van der Waals surface area contributed by atoms with E-state index in [2.05, 4.69) is 23.9 Å². The largest absolute Gasteiger partial charge is 0.465 e. The third-order valence-electron chi connectivity index (χ3n) is 1.94. The van der Waals surface area contributed by atoms with Gasteiger partial charge in [0.2, 0.25) is 0 Å². The fourth-order valence-corrected chi connectivity index (χ4v) is 1.14. The van der Waals surface area contributed by atoms with Crippen LogP contribution in [0.15, 0.2) is 4.52 Å². The zero-order chi connectivity index (χ0) is 13.7. The first kappa shape index (κ1) is 13.7. The molecule has 8 nitrogen and oxygen atoms in total. The van der Waals surface area contributed by atoms with Crippen molar-refractivity contribution < 1.29 is 33.1 Å². The molecule has 0 fully saturated rings. The van der Waals surface area contributed by atoms with Crippen LogP contribution in [0.3, 0.4) is 0 Å². The molecule has 1 rings (SSSR count). The average Bonchev–Trinajstić information content (AvgIpc) is 2.78. The molecule has 1 aromatic heterocycles. The Morgan fingerprint density at radius 3 is 2.28 bits per heavy atom. The molecule has 0 N–H and O–H groups in total. The fraction of sp³-hybridized carbons (Fsp3) is 0.400. The number of nitrogens with zero attached hydrogens (tertiary/aromatic N) is 1. The van der Waals surface area contributed by atoms with Crippen LogP contribution in [0.2, 0.25) is 0 Å². The van der Waals surface area contributed by atoms with Gasteiger partial charge in [-0.25, -0.2) is 9.59 Å². The lowest BCUT2D eigenvalue weighted by Gasteiger charge is -2.01. The average molecular weight is 257 g/mol. The molecule has 0 aliphatic heterocycles. The van der Waals surface area contributed by atoms with Crippen molar-refractivity contribution in [3.8, 4) is 0 Å². The van der Waals surface area contributed by atoms with Gasteiger partial charge < -0.3 is 18.7 Å². The molecule has 1 heterocycles. The number of hydrogen-bond acceptors (Lipinski definition) is 8. The van der Waals surface area contributed by atoms with Crippen molar-refractivity contribution in [2.75, 3.05) is 14.2 Å². The second kappa shape index (κ2) is 5.80. The van der Waals surface area contributed by atoms with E-state index in [1.807, 2.05) is 0 Å². The summed E-state index contributed by atoms with van der Waals surface area (Å²) in [6.45, 7) is 0.888. The monoisotopic (exact) mass is 257 g/mol. The number of carbonyl (C=O) groups excluding carboxylic acids is 3. The van der Waals surface area contributed by atoms with Gasteiger partial charge in [-0.3, -0.25) is 4.79 Å². The van der Waals surface area contributed by atoms with Gasteiger partial charge in [-0.05, 0) is 0 Å². The molecule has 0 spiro atoms. The van der Waals surface area contributed by atoms with E-state index in [1.54, 1.807) is 0 Å². The number of aromatic nitrogens is 1. The topological polar surface area (TPSA) is 105 Å². The van der Waals surface area contributed by atoms with E-state index in [-0.39, 0.29) is 17.9 Å². The molecule has 0 saturated heterocycles. The van der Waals surface area contributed by atoms with Crippen molar-refractivity contribution in [2.24, 2.45) is 0 Å². The van der Waals surface area contributed by atoms with Gasteiger partial charge in [-0.15, -0.1) is 0 Å². The lowest BCUT2D eigenvalue weighted by atomic mass is 10.2. The Bertz CT molecular complexity index is 477. The van der Waals surface area contributed by atoms with Crippen molar-refractivity contribution >= 4 is 17.9 Å². The van der Waals surface area contributed by atoms with Crippen LogP contribution < -0.4 is 0 Å². The number of hydrogen-bond donors (Lipinski definition) is 0. The predicted octanol–water partition coefficient (Wildman–Crippen LogP) is 0.311. The molecule has 98 valence electrons. The summed E-state index contributed by atoms with van der Waals surface area (Å²) in [4.78, 5) is 33.5. The van der Waals surface area contributed by atoms with E-state index in [0.29, 0.717) is 0 Å². The maximum atomic E-state index is 11.5. The Hall–Kier alpha value is -2.38. The van der Waals surface area contributed by atoms with Gasteiger partial charge in [0.15, 0.2) is 0 Å². The highest BCUT2D eigenvalue weighted by molar-refractivity contribution is 6.01. The Kier molecular flexibility index (Phi) is 4.41. The minimum Gasteiger partial charge on any atom is -0.465 e. The second-order valence-electron chi connectivity index (χ2n) is 3.10. The zero-order valence-electron chi connectivity index (χ0n) is 10.0. The molecule has 0 aliphatic rings. The molecule has 0 unspecified atom stereocenters. The Balaban J connectivity index is 3.11. The van der Waals surface area contributed by atoms with Gasteiger partial charge in [-0.2, -0.15) is 0 Å². The lowest BCUT2D eigenvalue weighted by molar-refractivity contribution is -0.142. The molecule has 0 aliphatic carbocycles. The third kappa shape index (κ3) is 2.84. The van der Waals surface area contributed by atoms with Crippen molar-refractivity contribution in [3.63, 3.8) is 0 Å². The van der Waals surface area contributed by atoms with Crippen molar-refractivity contribution in [1.29, 1.82) is 0 Å². The molecule has 0 amide bonds. The van der Waals surface area contributed by atoms with Crippen LogP contribution in [0, 0.1) is 0 Å². The minimum absolute atomic E-state index is 0.0162. The molecule has 0 radical (unpaired) electrons. The lowest BCUT2D eigenvalue weighted by Crippen LogP contribution is -2.12. The minimum atomic E-state index is -0.878. The van der Waals surface area contributed by atoms with E-state index in [0.717, 1.165) is 14.2 Å². The summed E-state index contributed by atoms with van der Waals surface area (Å²) in [5, 5.41) is 3.47. The molecule has 18 heavy (non-hydrogen) atoms. The summed E-state index contributed by atoms with van der Waals surface area (Å²) in [7, 11) is 2.25. The SMILES string of the molecule is COC(=O)c1onc(COC(C)=O)c1C(=O)OC. The summed E-state index contributed by atoms with van der Waals surface area (Å²) in [5.74, 6) is -2.67. The normalized spacial score (nSPS) is 9.72. The maximum absolute atomic E-state index is 11.5. The van der Waals surface area contributed by atoms with Crippen LogP contribution in [0.5, 0.6) is 0 Å². The van der Waals surface area contributed by atoms with Gasteiger partial charge in [0.25, 0.3) is 5.76 Å². The van der Waals surface area contributed by atoms with E-state index < -0.39 is 23.7 Å². The molecule has 0 atom stereocenters. The van der Waals surface area contributed by atoms with Gasteiger partial charge >= 0.3 is 17.9 Å². The van der Waals surface area contributed by atoms with Gasteiger partial charge in [0, 0.05) is 6.92 Å². The Morgan fingerprint density at radius 2 is 1.78 bits per heavy atom. The fourth-order valence-electron chi connectivity index (χ4n) is 1.14. The van der Waals surface area contributed by atoms with Crippen LogP contribution in [0.4, 0.5) is 0 Å². The van der Waals surface area contributed by atoms with Crippen LogP contribution in [-0.2, 0) is 25.6 Å². The molecule has 0 bridgehead atoms. The molecule has 0 aromatic carbocycles. The number of methoxy groups -OCH3 is 2. The summed E-state index contributed by atoms with van der Waals surface area (Å²) < 4.78 is 18.3. The first-order chi connectivity index (χ1) is 8.51. The molecule has 0 saturated carbocycles. The molecular formula is C10H11NO7. The highest BCUT2D eigenvalue weighted by Gasteiger charge is 2.29. The van der Waals surface area contributed by atoms with Crippen LogP contribution in [0.1, 0.15) is 33.5 Å². The first-order valence-corrected chi connectivity index (χ1v) is 4.79. The second-order valence-corrected chi connectivity index (χ2v) is 3.10. The van der Waals surface area contributed by atoms with Crippen molar-refractivity contribution in [1.82, 2.24) is 5.16 Å². The van der Waals surface area contributed by atoms with Crippen molar-refractivity contribution in [3.05, 3.63) is 17.0 Å². The van der Waals surface area contributed by atoms with Crippen LogP contribution in [0.25, 0.3) is 0 Å². The van der Waals surface area contributed by atoms with Crippen LogP contribution >= 0.6 is 0 Å². The van der Waals surface area contributed by atoms with E-state index in [4.69, 9.17) is 0 Å². The molecular weight excluding hydrogens is 246 g/mol. The highest BCUT2D eigenvalue weighted by atomic mass is 16.6. The summed E-state index contributed by atoms with van der Waals surface area (Å²) in [5.41, 5.74) is -0.233. The number of ether oxygens (including phenoxy) is 3. The molecule has 8 heteroatoms.